The monoisotopic (exact) mass is 347 g/mol. The molecule has 0 radical (unpaired) electrons. The summed E-state index contributed by atoms with van der Waals surface area (Å²) in [5.74, 6) is 0.815. The van der Waals surface area contributed by atoms with Crippen molar-refractivity contribution in [1.29, 1.82) is 0 Å². The van der Waals surface area contributed by atoms with Gasteiger partial charge in [-0.15, -0.1) is 0 Å². The maximum Gasteiger partial charge on any atom is 0.255 e. The second-order valence-corrected chi connectivity index (χ2v) is 5.85. The Labute approximate surface area is 133 Å². The summed E-state index contributed by atoms with van der Waals surface area (Å²) in [6, 6.07) is 13.5. The molecule has 0 aliphatic carbocycles. The van der Waals surface area contributed by atoms with E-state index in [1.165, 1.54) is 0 Å². The van der Waals surface area contributed by atoms with Gasteiger partial charge in [0.25, 0.3) is 5.91 Å². The van der Waals surface area contributed by atoms with Crippen molar-refractivity contribution in [1.82, 2.24) is 4.90 Å². The Morgan fingerprint density at radius 2 is 1.86 bits per heavy atom. The molecule has 0 N–H and O–H groups in total. The topological polar surface area (TPSA) is 29.5 Å². The van der Waals surface area contributed by atoms with Crippen molar-refractivity contribution in [3.63, 3.8) is 0 Å². The predicted octanol–water partition coefficient (Wildman–Crippen LogP) is 4.04. The van der Waals surface area contributed by atoms with Crippen LogP contribution < -0.4 is 4.74 Å². The van der Waals surface area contributed by atoms with Crippen molar-refractivity contribution in [2.45, 2.75) is 13.5 Å². The van der Waals surface area contributed by atoms with Gasteiger partial charge < -0.3 is 9.64 Å². The van der Waals surface area contributed by atoms with Gasteiger partial charge in [-0.3, -0.25) is 4.79 Å². The van der Waals surface area contributed by atoms with Crippen LogP contribution in [0.25, 0.3) is 0 Å². The number of benzene rings is 2. The van der Waals surface area contributed by atoms with Crippen LogP contribution >= 0.6 is 15.9 Å². The average molecular weight is 348 g/mol. The Bertz CT molecular complexity index is 638. The Morgan fingerprint density at radius 3 is 2.48 bits per heavy atom. The van der Waals surface area contributed by atoms with Crippen molar-refractivity contribution in [3.8, 4) is 5.75 Å². The van der Waals surface area contributed by atoms with Gasteiger partial charge in [-0.25, -0.2) is 0 Å². The number of nitrogens with zero attached hydrogens (tertiary/aromatic N) is 1. The first kappa shape index (κ1) is 15.6. The Morgan fingerprint density at radius 1 is 1.19 bits per heavy atom. The number of methoxy groups -OCH3 is 1. The van der Waals surface area contributed by atoms with E-state index in [1.807, 2.05) is 49.4 Å². The molecule has 0 spiro atoms. The molecule has 0 saturated heterocycles. The SMILES string of the molecule is COc1ccc(CN(C)C(=O)c2cc(C)ccc2Br)cc1. The van der Waals surface area contributed by atoms with Gasteiger partial charge in [0.1, 0.15) is 5.75 Å². The third kappa shape index (κ3) is 3.85. The Hall–Kier alpha value is -1.81. The molecule has 3 nitrogen and oxygen atoms in total. The number of carbonyl (C=O) groups is 1. The molecule has 0 aliphatic rings. The van der Waals surface area contributed by atoms with Crippen LogP contribution in [0.15, 0.2) is 46.9 Å². The Kier molecular flexibility index (Phi) is 5.02. The zero-order valence-electron chi connectivity index (χ0n) is 12.4. The van der Waals surface area contributed by atoms with Crippen molar-refractivity contribution < 1.29 is 9.53 Å². The van der Waals surface area contributed by atoms with E-state index in [9.17, 15) is 4.79 Å². The van der Waals surface area contributed by atoms with Crippen LogP contribution in [-0.2, 0) is 6.54 Å². The molecule has 2 aromatic rings. The van der Waals surface area contributed by atoms with Gasteiger partial charge in [-0.05, 0) is 52.7 Å². The van der Waals surface area contributed by atoms with E-state index in [0.717, 1.165) is 21.3 Å². The molecule has 0 saturated carbocycles. The van der Waals surface area contributed by atoms with Crippen LogP contribution in [0.1, 0.15) is 21.5 Å². The van der Waals surface area contributed by atoms with Gasteiger partial charge in [0, 0.05) is 18.1 Å². The van der Waals surface area contributed by atoms with E-state index in [-0.39, 0.29) is 5.91 Å². The van der Waals surface area contributed by atoms with Crippen LogP contribution in [0.5, 0.6) is 5.75 Å². The first-order chi connectivity index (χ1) is 10.0. The molecule has 0 atom stereocenters. The summed E-state index contributed by atoms with van der Waals surface area (Å²) >= 11 is 3.44. The second kappa shape index (κ2) is 6.76. The third-order valence-corrected chi connectivity index (χ3v) is 3.97. The van der Waals surface area contributed by atoms with E-state index in [0.29, 0.717) is 12.1 Å². The average Bonchev–Trinajstić information content (AvgIpc) is 2.49. The molecule has 0 aliphatic heterocycles. The highest BCUT2D eigenvalue weighted by Gasteiger charge is 2.15. The first-order valence-electron chi connectivity index (χ1n) is 6.66. The van der Waals surface area contributed by atoms with Crippen molar-refractivity contribution in [3.05, 3.63) is 63.6 Å². The zero-order valence-corrected chi connectivity index (χ0v) is 14.0. The van der Waals surface area contributed by atoms with Crippen LogP contribution in [0, 0.1) is 6.92 Å². The lowest BCUT2D eigenvalue weighted by molar-refractivity contribution is 0.0784. The van der Waals surface area contributed by atoms with Gasteiger partial charge in [-0.1, -0.05) is 23.8 Å². The molecule has 110 valence electrons. The lowest BCUT2D eigenvalue weighted by Gasteiger charge is -2.18. The minimum Gasteiger partial charge on any atom is -0.497 e. The summed E-state index contributed by atoms with van der Waals surface area (Å²) in [6.07, 6.45) is 0. The molecule has 2 rings (SSSR count). The lowest BCUT2D eigenvalue weighted by Crippen LogP contribution is -2.26. The summed E-state index contributed by atoms with van der Waals surface area (Å²) in [5, 5.41) is 0. The molecular formula is C17H18BrNO2. The van der Waals surface area contributed by atoms with Crippen LogP contribution in [0.2, 0.25) is 0 Å². The normalized spacial score (nSPS) is 10.3. The number of rotatable bonds is 4. The highest BCUT2D eigenvalue weighted by atomic mass is 79.9. The maximum absolute atomic E-state index is 12.5. The third-order valence-electron chi connectivity index (χ3n) is 3.28. The molecule has 21 heavy (non-hydrogen) atoms. The smallest absolute Gasteiger partial charge is 0.255 e. The fourth-order valence-corrected chi connectivity index (χ4v) is 2.50. The molecule has 1 amide bonds. The van der Waals surface area contributed by atoms with Crippen LogP contribution in [0.4, 0.5) is 0 Å². The van der Waals surface area contributed by atoms with E-state index in [2.05, 4.69) is 15.9 Å². The quantitative estimate of drug-likeness (QED) is 0.835. The molecule has 4 heteroatoms. The fraction of sp³-hybridized carbons (Fsp3) is 0.235. The number of hydrogen-bond acceptors (Lipinski definition) is 2. The molecule has 0 heterocycles. The van der Waals surface area contributed by atoms with E-state index in [4.69, 9.17) is 4.74 Å². The van der Waals surface area contributed by atoms with Crippen molar-refractivity contribution >= 4 is 21.8 Å². The van der Waals surface area contributed by atoms with Gasteiger partial charge >= 0.3 is 0 Å². The maximum atomic E-state index is 12.5. The summed E-state index contributed by atoms with van der Waals surface area (Å²) < 4.78 is 5.95. The highest BCUT2D eigenvalue weighted by molar-refractivity contribution is 9.10. The number of aryl methyl sites for hydroxylation is 1. The van der Waals surface area contributed by atoms with Crippen LogP contribution in [0.3, 0.4) is 0 Å². The van der Waals surface area contributed by atoms with Gasteiger partial charge in [-0.2, -0.15) is 0 Å². The number of carbonyl (C=O) groups excluding carboxylic acids is 1. The van der Waals surface area contributed by atoms with E-state index < -0.39 is 0 Å². The molecule has 2 aromatic carbocycles. The van der Waals surface area contributed by atoms with Crippen LogP contribution in [-0.4, -0.2) is 25.0 Å². The molecule has 0 bridgehead atoms. The summed E-state index contributed by atoms with van der Waals surface area (Å²) in [5.41, 5.74) is 2.82. The highest BCUT2D eigenvalue weighted by Crippen LogP contribution is 2.20. The lowest BCUT2D eigenvalue weighted by atomic mass is 10.1. The molecule has 0 unspecified atom stereocenters. The Balaban J connectivity index is 2.13. The predicted molar refractivity (Wildman–Crippen MR) is 87.7 cm³/mol. The molecule has 0 fully saturated rings. The number of halogens is 1. The first-order valence-corrected chi connectivity index (χ1v) is 7.45. The van der Waals surface area contributed by atoms with E-state index in [1.54, 1.807) is 19.1 Å². The second-order valence-electron chi connectivity index (χ2n) is 4.99. The van der Waals surface area contributed by atoms with Gasteiger partial charge in [0.05, 0.1) is 12.7 Å². The minimum absolute atomic E-state index is 0.00129. The van der Waals surface area contributed by atoms with E-state index >= 15 is 0 Å². The summed E-state index contributed by atoms with van der Waals surface area (Å²) in [4.78, 5) is 14.2. The minimum atomic E-state index is 0.00129. The molecule has 0 aromatic heterocycles. The van der Waals surface area contributed by atoms with Gasteiger partial charge in [0.15, 0.2) is 0 Å². The molecular weight excluding hydrogens is 330 g/mol. The number of hydrogen-bond donors (Lipinski definition) is 0. The van der Waals surface area contributed by atoms with Gasteiger partial charge in [0.2, 0.25) is 0 Å². The standard InChI is InChI=1S/C17H18BrNO2/c1-12-4-9-16(18)15(10-12)17(20)19(2)11-13-5-7-14(21-3)8-6-13/h4-10H,11H2,1-3H3. The fourth-order valence-electron chi connectivity index (χ4n) is 2.09. The largest absolute Gasteiger partial charge is 0.497 e. The number of ether oxygens (including phenoxy) is 1. The zero-order chi connectivity index (χ0) is 15.4. The summed E-state index contributed by atoms with van der Waals surface area (Å²) in [7, 11) is 3.45. The van der Waals surface area contributed by atoms with Crippen molar-refractivity contribution in [2.24, 2.45) is 0 Å². The van der Waals surface area contributed by atoms with Crippen molar-refractivity contribution in [2.75, 3.05) is 14.2 Å². The summed E-state index contributed by atoms with van der Waals surface area (Å²) in [6.45, 7) is 2.54. The number of amides is 1.